The largest absolute Gasteiger partial charge is 0.351 e. The quantitative estimate of drug-likeness (QED) is 0.887. The summed E-state index contributed by atoms with van der Waals surface area (Å²) in [4.78, 5) is 11.7. The van der Waals surface area contributed by atoms with Crippen LogP contribution in [0.5, 0.6) is 0 Å². The van der Waals surface area contributed by atoms with Crippen molar-refractivity contribution < 1.29 is 4.79 Å². The molecule has 0 radical (unpaired) electrons. The zero-order valence-electron chi connectivity index (χ0n) is 9.41. The van der Waals surface area contributed by atoms with Gasteiger partial charge in [0.2, 0.25) is 5.91 Å². The molecule has 0 spiro atoms. The van der Waals surface area contributed by atoms with Crippen LogP contribution in [-0.4, -0.2) is 18.5 Å². The van der Waals surface area contributed by atoms with Gasteiger partial charge in [-0.1, -0.05) is 29.8 Å². The standard InChI is InChI=1S/C12H15ClN2O.ClH/c13-10-5-2-1-4-9(10)8-15-12(16)11-6-3-7-14-11;/h1-2,4-5,11,14H,3,6-8H2,(H,15,16);1H/t11-;/m0./s1. The molecular weight excluding hydrogens is 259 g/mol. The van der Waals surface area contributed by atoms with Crippen LogP contribution in [0.1, 0.15) is 18.4 Å². The molecule has 5 heteroatoms. The third-order valence-corrected chi connectivity index (χ3v) is 3.16. The molecule has 1 aliphatic rings. The van der Waals surface area contributed by atoms with E-state index in [1.54, 1.807) is 0 Å². The first-order valence-corrected chi connectivity index (χ1v) is 5.89. The van der Waals surface area contributed by atoms with Crippen LogP contribution in [0.15, 0.2) is 24.3 Å². The van der Waals surface area contributed by atoms with Crippen molar-refractivity contribution in [3.63, 3.8) is 0 Å². The fourth-order valence-electron chi connectivity index (χ4n) is 1.86. The van der Waals surface area contributed by atoms with E-state index >= 15 is 0 Å². The molecule has 1 aromatic rings. The summed E-state index contributed by atoms with van der Waals surface area (Å²) in [6.45, 7) is 1.43. The van der Waals surface area contributed by atoms with Crippen molar-refractivity contribution in [1.29, 1.82) is 0 Å². The highest BCUT2D eigenvalue weighted by atomic mass is 35.5. The van der Waals surface area contributed by atoms with Gasteiger partial charge in [-0.3, -0.25) is 4.79 Å². The Morgan fingerprint density at radius 2 is 2.24 bits per heavy atom. The minimum absolute atomic E-state index is 0. The van der Waals surface area contributed by atoms with Crippen molar-refractivity contribution in [2.75, 3.05) is 6.54 Å². The maximum atomic E-state index is 11.7. The normalized spacial score (nSPS) is 18.5. The van der Waals surface area contributed by atoms with Crippen molar-refractivity contribution in [3.8, 4) is 0 Å². The van der Waals surface area contributed by atoms with E-state index in [9.17, 15) is 4.79 Å². The van der Waals surface area contributed by atoms with E-state index < -0.39 is 0 Å². The van der Waals surface area contributed by atoms with Crippen LogP contribution in [0.4, 0.5) is 0 Å². The van der Waals surface area contributed by atoms with Crippen molar-refractivity contribution in [3.05, 3.63) is 34.9 Å². The molecule has 1 aliphatic heterocycles. The molecule has 0 aromatic heterocycles. The Morgan fingerprint density at radius 1 is 1.47 bits per heavy atom. The van der Waals surface area contributed by atoms with Crippen LogP contribution in [0.25, 0.3) is 0 Å². The number of rotatable bonds is 3. The van der Waals surface area contributed by atoms with Crippen LogP contribution in [-0.2, 0) is 11.3 Å². The lowest BCUT2D eigenvalue weighted by Crippen LogP contribution is -2.40. The summed E-state index contributed by atoms with van der Waals surface area (Å²) in [7, 11) is 0. The third kappa shape index (κ3) is 3.87. The van der Waals surface area contributed by atoms with E-state index in [1.807, 2.05) is 24.3 Å². The van der Waals surface area contributed by atoms with E-state index in [-0.39, 0.29) is 24.4 Å². The molecule has 17 heavy (non-hydrogen) atoms. The molecule has 0 aliphatic carbocycles. The van der Waals surface area contributed by atoms with Crippen LogP contribution in [0.2, 0.25) is 5.02 Å². The highest BCUT2D eigenvalue weighted by Crippen LogP contribution is 2.14. The molecule has 1 heterocycles. The Labute approximate surface area is 112 Å². The van der Waals surface area contributed by atoms with Gasteiger partial charge in [0.25, 0.3) is 0 Å². The fourth-order valence-corrected chi connectivity index (χ4v) is 2.06. The molecule has 0 saturated carbocycles. The Hall–Kier alpha value is -0.770. The number of carbonyl (C=O) groups is 1. The monoisotopic (exact) mass is 274 g/mol. The molecule has 0 unspecified atom stereocenters. The topological polar surface area (TPSA) is 41.1 Å². The number of amides is 1. The smallest absolute Gasteiger partial charge is 0.237 e. The van der Waals surface area contributed by atoms with Gasteiger partial charge in [-0.2, -0.15) is 0 Å². The zero-order chi connectivity index (χ0) is 11.4. The summed E-state index contributed by atoms with van der Waals surface area (Å²) in [5.41, 5.74) is 0.954. The van der Waals surface area contributed by atoms with Gasteiger partial charge in [0.1, 0.15) is 0 Å². The lowest BCUT2D eigenvalue weighted by molar-refractivity contribution is -0.122. The van der Waals surface area contributed by atoms with E-state index in [0.29, 0.717) is 11.6 Å². The summed E-state index contributed by atoms with van der Waals surface area (Å²) in [5.74, 6) is 0.0671. The molecular formula is C12H16Cl2N2O. The van der Waals surface area contributed by atoms with E-state index in [4.69, 9.17) is 11.6 Å². The molecule has 1 saturated heterocycles. The lowest BCUT2D eigenvalue weighted by atomic mass is 10.2. The fraction of sp³-hybridized carbons (Fsp3) is 0.417. The van der Waals surface area contributed by atoms with Gasteiger partial charge in [-0.05, 0) is 31.0 Å². The number of benzene rings is 1. The van der Waals surface area contributed by atoms with Crippen molar-refractivity contribution in [2.24, 2.45) is 0 Å². The molecule has 94 valence electrons. The van der Waals surface area contributed by atoms with E-state index in [2.05, 4.69) is 10.6 Å². The second-order valence-corrected chi connectivity index (χ2v) is 4.37. The Bertz CT molecular complexity index is 379. The maximum absolute atomic E-state index is 11.7. The average molecular weight is 275 g/mol. The van der Waals surface area contributed by atoms with Gasteiger partial charge in [-0.15, -0.1) is 12.4 Å². The third-order valence-electron chi connectivity index (χ3n) is 2.79. The van der Waals surface area contributed by atoms with Crippen molar-refractivity contribution in [1.82, 2.24) is 10.6 Å². The molecule has 3 nitrogen and oxygen atoms in total. The van der Waals surface area contributed by atoms with Crippen molar-refractivity contribution in [2.45, 2.75) is 25.4 Å². The Kier molecular flexibility index (Phi) is 5.75. The number of halogens is 2. The highest BCUT2D eigenvalue weighted by Gasteiger charge is 2.21. The number of hydrogen-bond acceptors (Lipinski definition) is 2. The van der Waals surface area contributed by atoms with Gasteiger partial charge < -0.3 is 10.6 Å². The average Bonchev–Trinajstić information content (AvgIpc) is 2.81. The summed E-state index contributed by atoms with van der Waals surface area (Å²) in [6.07, 6.45) is 2.00. The van der Waals surface area contributed by atoms with Crippen LogP contribution < -0.4 is 10.6 Å². The SMILES string of the molecule is Cl.O=C(NCc1ccccc1Cl)[C@@H]1CCCN1. The predicted octanol–water partition coefficient (Wildman–Crippen LogP) is 2.13. The predicted molar refractivity (Wildman–Crippen MR) is 71.6 cm³/mol. The highest BCUT2D eigenvalue weighted by molar-refractivity contribution is 6.31. The zero-order valence-corrected chi connectivity index (χ0v) is 11.0. The molecule has 1 fully saturated rings. The first-order valence-electron chi connectivity index (χ1n) is 5.52. The second kappa shape index (κ2) is 6.84. The van der Waals surface area contributed by atoms with Crippen LogP contribution >= 0.6 is 24.0 Å². The Balaban J connectivity index is 0.00000144. The number of hydrogen-bond donors (Lipinski definition) is 2. The second-order valence-electron chi connectivity index (χ2n) is 3.96. The summed E-state index contributed by atoms with van der Waals surface area (Å²) >= 11 is 6.00. The molecule has 2 N–H and O–H groups in total. The van der Waals surface area contributed by atoms with Crippen LogP contribution in [0.3, 0.4) is 0 Å². The van der Waals surface area contributed by atoms with Gasteiger partial charge in [0.05, 0.1) is 6.04 Å². The lowest BCUT2D eigenvalue weighted by Gasteiger charge is -2.11. The number of carbonyl (C=O) groups excluding carboxylic acids is 1. The van der Waals surface area contributed by atoms with E-state index in [0.717, 1.165) is 24.9 Å². The Morgan fingerprint density at radius 3 is 2.88 bits per heavy atom. The van der Waals surface area contributed by atoms with Crippen LogP contribution in [0, 0.1) is 0 Å². The molecule has 0 bridgehead atoms. The first kappa shape index (κ1) is 14.3. The van der Waals surface area contributed by atoms with Gasteiger partial charge in [0.15, 0.2) is 0 Å². The summed E-state index contributed by atoms with van der Waals surface area (Å²) in [6, 6.07) is 7.53. The molecule has 2 rings (SSSR count). The minimum Gasteiger partial charge on any atom is -0.351 e. The molecule has 1 aromatic carbocycles. The van der Waals surface area contributed by atoms with Gasteiger partial charge in [-0.25, -0.2) is 0 Å². The molecule has 1 atom stereocenters. The van der Waals surface area contributed by atoms with Gasteiger partial charge >= 0.3 is 0 Å². The first-order chi connectivity index (χ1) is 7.77. The van der Waals surface area contributed by atoms with Crippen molar-refractivity contribution >= 4 is 29.9 Å². The van der Waals surface area contributed by atoms with Gasteiger partial charge in [0, 0.05) is 11.6 Å². The number of nitrogens with one attached hydrogen (secondary N) is 2. The minimum atomic E-state index is -0.0255. The van der Waals surface area contributed by atoms with E-state index in [1.165, 1.54) is 0 Å². The summed E-state index contributed by atoms with van der Waals surface area (Å²) in [5, 5.41) is 6.75. The summed E-state index contributed by atoms with van der Waals surface area (Å²) < 4.78 is 0. The molecule has 1 amide bonds. The maximum Gasteiger partial charge on any atom is 0.237 e.